The molecule has 0 fully saturated rings. The quantitative estimate of drug-likeness (QED) is 0.308. The number of alkyl halides is 3. The van der Waals surface area contributed by atoms with Crippen LogP contribution in [0.2, 0.25) is 0 Å². The Hall–Kier alpha value is -4.34. The number of halogens is 3. The van der Waals surface area contributed by atoms with Crippen LogP contribution in [0.4, 0.5) is 18.9 Å². The molecule has 1 aliphatic rings. The molecule has 1 heterocycles. The maximum absolute atomic E-state index is 13.7. The predicted octanol–water partition coefficient (Wildman–Crippen LogP) is 4.39. The van der Waals surface area contributed by atoms with Crippen LogP contribution in [0.3, 0.4) is 0 Å². The first kappa shape index (κ1) is 31.2. The fourth-order valence-corrected chi connectivity index (χ4v) is 4.40. The maximum atomic E-state index is 13.7. The molecule has 0 radical (unpaired) electrons. The van der Waals surface area contributed by atoms with Crippen LogP contribution in [-0.2, 0) is 34.7 Å². The molecule has 1 aliphatic heterocycles. The second kappa shape index (κ2) is 13.8. The Labute approximate surface area is 235 Å². The van der Waals surface area contributed by atoms with Crippen LogP contribution in [0.15, 0.2) is 71.2 Å². The van der Waals surface area contributed by atoms with Gasteiger partial charge < -0.3 is 24.7 Å². The normalized spacial score (nSPS) is 15.5. The second-order valence-electron chi connectivity index (χ2n) is 8.67. The zero-order chi connectivity index (χ0) is 30.2. The third-order valence-electron chi connectivity index (χ3n) is 6.20. The van der Waals surface area contributed by atoms with Gasteiger partial charge in [-0.25, -0.2) is 9.59 Å². The molecule has 1 unspecified atom stereocenters. The summed E-state index contributed by atoms with van der Waals surface area (Å²) in [6, 6.07) is 12.4. The highest BCUT2D eigenvalue weighted by atomic mass is 19.4. The SMILES string of the molecule is CCOCCOCC1=C(C(=O)OC)C(c2ccc(C#N)cc2)C(C(=O)OCC)=C(N)N1c1cccc(C(F)(F)F)c1. The molecule has 0 bridgehead atoms. The summed E-state index contributed by atoms with van der Waals surface area (Å²) in [5.74, 6) is -3.15. The van der Waals surface area contributed by atoms with Crippen LogP contribution in [0.5, 0.6) is 0 Å². The van der Waals surface area contributed by atoms with Crippen molar-refractivity contribution in [1.29, 1.82) is 5.26 Å². The third-order valence-corrected chi connectivity index (χ3v) is 6.20. The molecule has 0 saturated carbocycles. The van der Waals surface area contributed by atoms with Crippen LogP contribution in [0.1, 0.15) is 36.5 Å². The number of carbonyl (C=O) groups is 2. The van der Waals surface area contributed by atoms with E-state index in [1.165, 1.54) is 29.2 Å². The lowest BCUT2D eigenvalue weighted by molar-refractivity contribution is -0.139. The lowest BCUT2D eigenvalue weighted by Gasteiger charge is -2.38. The highest BCUT2D eigenvalue weighted by Crippen LogP contribution is 2.44. The Morgan fingerprint density at radius 1 is 1.00 bits per heavy atom. The highest BCUT2D eigenvalue weighted by Gasteiger charge is 2.43. The van der Waals surface area contributed by atoms with Gasteiger partial charge >= 0.3 is 18.1 Å². The summed E-state index contributed by atoms with van der Waals surface area (Å²) in [5.41, 5.74) is 6.05. The second-order valence-corrected chi connectivity index (χ2v) is 8.67. The number of nitriles is 1. The number of esters is 2. The van der Waals surface area contributed by atoms with E-state index in [1.54, 1.807) is 26.0 Å². The first-order valence-electron chi connectivity index (χ1n) is 12.7. The summed E-state index contributed by atoms with van der Waals surface area (Å²) in [5, 5.41) is 9.26. The minimum absolute atomic E-state index is 0.0378. The van der Waals surface area contributed by atoms with Crippen molar-refractivity contribution < 1.29 is 41.7 Å². The molecule has 0 amide bonds. The van der Waals surface area contributed by atoms with Gasteiger partial charge in [0.05, 0.1) is 73.5 Å². The van der Waals surface area contributed by atoms with Gasteiger partial charge in [-0.2, -0.15) is 18.4 Å². The van der Waals surface area contributed by atoms with E-state index in [0.29, 0.717) is 17.7 Å². The molecule has 12 heteroatoms. The van der Waals surface area contributed by atoms with E-state index >= 15 is 0 Å². The summed E-state index contributed by atoms with van der Waals surface area (Å²) in [7, 11) is 1.14. The first-order valence-corrected chi connectivity index (χ1v) is 12.7. The number of methoxy groups -OCH3 is 1. The van der Waals surface area contributed by atoms with E-state index in [9.17, 15) is 28.0 Å². The molecule has 2 N–H and O–H groups in total. The minimum Gasteiger partial charge on any atom is -0.466 e. The molecule has 0 aliphatic carbocycles. The van der Waals surface area contributed by atoms with Gasteiger partial charge in [-0.05, 0) is 49.7 Å². The molecule has 218 valence electrons. The largest absolute Gasteiger partial charge is 0.466 e. The predicted molar refractivity (Wildman–Crippen MR) is 142 cm³/mol. The minimum atomic E-state index is -4.68. The van der Waals surface area contributed by atoms with E-state index < -0.39 is 29.6 Å². The number of benzene rings is 2. The number of nitrogens with zero attached hydrogens (tertiary/aromatic N) is 2. The van der Waals surface area contributed by atoms with Gasteiger partial charge in [0, 0.05) is 12.3 Å². The van der Waals surface area contributed by atoms with Gasteiger partial charge in [0.25, 0.3) is 0 Å². The molecule has 1 atom stereocenters. The zero-order valence-corrected chi connectivity index (χ0v) is 22.8. The Bertz CT molecular complexity index is 1360. The fraction of sp³-hybridized carbons (Fsp3) is 0.345. The van der Waals surface area contributed by atoms with E-state index in [4.69, 9.17) is 24.7 Å². The van der Waals surface area contributed by atoms with Crippen molar-refractivity contribution in [3.63, 3.8) is 0 Å². The highest BCUT2D eigenvalue weighted by molar-refractivity contribution is 6.01. The van der Waals surface area contributed by atoms with Gasteiger partial charge in [-0.15, -0.1) is 0 Å². The van der Waals surface area contributed by atoms with Crippen molar-refractivity contribution in [3.05, 3.63) is 87.9 Å². The number of carbonyl (C=O) groups excluding carboxylic acids is 2. The van der Waals surface area contributed by atoms with E-state index in [1.807, 2.05) is 6.07 Å². The molecular formula is C29H30F3N3O6. The molecule has 0 aromatic heterocycles. The summed E-state index contributed by atoms with van der Waals surface area (Å²) in [4.78, 5) is 28.0. The van der Waals surface area contributed by atoms with Gasteiger partial charge in [0.1, 0.15) is 5.82 Å². The van der Waals surface area contributed by atoms with Crippen LogP contribution in [-0.4, -0.2) is 52.1 Å². The van der Waals surface area contributed by atoms with E-state index in [2.05, 4.69) is 0 Å². The van der Waals surface area contributed by atoms with Crippen molar-refractivity contribution in [2.45, 2.75) is 25.9 Å². The van der Waals surface area contributed by atoms with Crippen molar-refractivity contribution in [1.82, 2.24) is 0 Å². The Morgan fingerprint density at radius 3 is 2.27 bits per heavy atom. The number of anilines is 1. The molecule has 2 aromatic rings. The lowest BCUT2D eigenvalue weighted by Crippen LogP contribution is -2.41. The Balaban J connectivity index is 2.35. The smallest absolute Gasteiger partial charge is 0.416 e. The van der Waals surface area contributed by atoms with Gasteiger partial charge in [-0.1, -0.05) is 18.2 Å². The Morgan fingerprint density at radius 2 is 1.68 bits per heavy atom. The summed E-state index contributed by atoms with van der Waals surface area (Å²) in [6.07, 6.45) is -4.68. The number of hydrogen-bond acceptors (Lipinski definition) is 9. The standard InChI is InChI=1S/C29H30F3N3O6/c1-4-39-13-14-40-17-22-24(27(36)38-3)23(19-11-9-18(16-33)10-12-19)25(28(37)41-5-2)26(34)35(22)21-8-6-7-20(15-21)29(30,31)32/h6-12,15,23H,4-5,13-14,17,34H2,1-3H3. The number of ether oxygens (including phenoxy) is 4. The zero-order valence-electron chi connectivity index (χ0n) is 22.8. The Kier molecular flexibility index (Phi) is 10.5. The van der Waals surface area contributed by atoms with E-state index in [-0.39, 0.29) is 54.8 Å². The van der Waals surface area contributed by atoms with Crippen LogP contribution in [0, 0.1) is 11.3 Å². The van der Waals surface area contributed by atoms with Gasteiger partial charge in [0.15, 0.2) is 0 Å². The third kappa shape index (κ3) is 7.06. The molecule has 2 aromatic carbocycles. The number of nitrogens with two attached hydrogens (primary N) is 1. The average molecular weight is 574 g/mol. The van der Waals surface area contributed by atoms with Crippen molar-refractivity contribution >= 4 is 17.6 Å². The van der Waals surface area contributed by atoms with Crippen molar-refractivity contribution in [2.24, 2.45) is 5.73 Å². The first-order chi connectivity index (χ1) is 19.6. The molecule has 0 spiro atoms. The van der Waals surface area contributed by atoms with Crippen LogP contribution in [0.25, 0.3) is 0 Å². The average Bonchev–Trinajstić information content (AvgIpc) is 2.96. The molecule has 0 saturated heterocycles. The summed E-state index contributed by atoms with van der Waals surface area (Å²) >= 11 is 0. The lowest BCUT2D eigenvalue weighted by atomic mass is 9.80. The molecule has 9 nitrogen and oxygen atoms in total. The van der Waals surface area contributed by atoms with Crippen molar-refractivity contribution in [3.8, 4) is 6.07 Å². The maximum Gasteiger partial charge on any atom is 0.416 e. The van der Waals surface area contributed by atoms with E-state index in [0.717, 1.165) is 19.2 Å². The molecule has 3 rings (SSSR count). The van der Waals surface area contributed by atoms with Crippen molar-refractivity contribution in [2.75, 3.05) is 45.0 Å². The van der Waals surface area contributed by atoms with Crippen LogP contribution >= 0.6 is 0 Å². The summed E-state index contributed by atoms with van der Waals surface area (Å²) in [6.45, 7) is 3.81. The van der Waals surface area contributed by atoms with Gasteiger partial charge in [-0.3, -0.25) is 4.90 Å². The van der Waals surface area contributed by atoms with Crippen LogP contribution < -0.4 is 10.6 Å². The topological polar surface area (TPSA) is 124 Å². The molecule has 41 heavy (non-hydrogen) atoms. The van der Waals surface area contributed by atoms with Gasteiger partial charge in [0.2, 0.25) is 0 Å². The fourth-order valence-electron chi connectivity index (χ4n) is 4.40. The monoisotopic (exact) mass is 573 g/mol. The number of rotatable bonds is 11. The summed E-state index contributed by atoms with van der Waals surface area (Å²) < 4.78 is 62.5. The number of hydrogen-bond donors (Lipinski definition) is 1. The molecular weight excluding hydrogens is 543 g/mol.